The van der Waals surface area contributed by atoms with Gasteiger partial charge in [-0.25, -0.2) is 0 Å². The maximum Gasteiger partial charge on any atom is 0.226 e. The number of nitrogens with zero attached hydrogens (tertiary/aromatic N) is 2. The Morgan fingerprint density at radius 3 is 3.05 bits per heavy atom. The second-order valence-corrected chi connectivity index (χ2v) is 5.27. The van der Waals surface area contributed by atoms with Gasteiger partial charge >= 0.3 is 0 Å². The Balaban J connectivity index is 1.61. The quantitative estimate of drug-likeness (QED) is 0.734. The molecule has 0 spiro atoms. The molecule has 1 heterocycles. The fraction of sp³-hybridized carbons (Fsp3) is 0.769. The molecule has 0 aromatic carbocycles. The summed E-state index contributed by atoms with van der Waals surface area (Å²) >= 11 is 0. The summed E-state index contributed by atoms with van der Waals surface area (Å²) in [6.07, 6.45) is 4.10. The van der Waals surface area contributed by atoms with Crippen molar-refractivity contribution in [3.8, 4) is 0 Å². The highest BCUT2D eigenvalue weighted by molar-refractivity contribution is 5.75. The van der Waals surface area contributed by atoms with Crippen LogP contribution in [0.5, 0.6) is 0 Å². The van der Waals surface area contributed by atoms with Gasteiger partial charge in [0.2, 0.25) is 11.8 Å². The number of carbonyl (C=O) groups is 1. The van der Waals surface area contributed by atoms with Gasteiger partial charge in [-0.05, 0) is 25.2 Å². The van der Waals surface area contributed by atoms with Crippen molar-refractivity contribution in [1.29, 1.82) is 0 Å². The van der Waals surface area contributed by atoms with Crippen molar-refractivity contribution in [3.63, 3.8) is 0 Å². The van der Waals surface area contributed by atoms with Crippen molar-refractivity contribution in [2.75, 3.05) is 13.2 Å². The van der Waals surface area contributed by atoms with Crippen LogP contribution in [0.1, 0.15) is 50.2 Å². The molecular weight excluding hydrogens is 246 g/mol. The maximum absolute atomic E-state index is 11.5. The van der Waals surface area contributed by atoms with E-state index in [0.29, 0.717) is 37.6 Å². The Hall–Kier alpha value is -1.43. The van der Waals surface area contributed by atoms with Gasteiger partial charge in [0.05, 0.1) is 0 Å². The van der Waals surface area contributed by atoms with Gasteiger partial charge in [-0.15, -0.1) is 0 Å². The van der Waals surface area contributed by atoms with Gasteiger partial charge < -0.3 is 14.9 Å². The first kappa shape index (κ1) is 14.0. The number of aliphatic hydroxyl groups is 1. The van der Waals surface area contributed by atoms with Crippen molar-refractivity contribution in [2.45, 2.75) is 44.9 Å². The molecule has 6 nitrogen and oxygen atoms in total. The SMILES string of the molecule is CC(CO)CNC(=O)CCCc1nc(C2CC2)no1. The highest BCUT2D eigenvalue weighted by atomic mass is 16.5. The van der Waals surface area contributed by atoms with Crippen molar-refractivity contribution < 1.29 is 14.4 Å². The second kappa shape index (κ2) is 6.65. The van der Waals surface area contributed by atoms with Gasteiger partial charge in [0, 0.05) is 31.9 Å². The minimum absolute atomic E-state index is 0.00207. The summed E-state index contributed by atoms with van der Waals surface area (Å²) in [5.41, 5.74) is 0. The van der Waals surface area contributed by atoms with E-state index in [1.165, 1.54) is 0 Å². The lowest BCUT2D eigenvalue weighted by Crippen LogP contribution is -2.29. The molecule has 1 amide bonds. The first-order valence-corrected chi connectivity index (χ1v) is 6.89. The Morgan fingerprint density at radius 1 is 1.58 bits per heavy atom. The van der Waals surface area contributed by atoms with Crippen molar-refractivity contribution in [2.24, 2.45) is 5.92 Å². The molecule has 1 unspecified atom stereocenters. The third kappa shape index (κ3) is 4.63. The van der Waals surface area contributed by atoms with Crippen LogP contribution in [-0.2, 0) is 11.2 Å². The van der Waals surface area contributed by atoms with E-state index in [2.05, 4.69) is 15.5 Å². The smallest absolute Gasteiger partial charge is 0.226 e. The molecule has 1 saturated carbocycles. The summed E-state index contributed by atoms with van der Waals surface area (Å²) in [4.78, 5) is 15.8. The molecule has 1 aromatic heterocycles. The highest BCUT2D eigenvalue weighted by Gasteiger charge is 2.28. The lowest BCUT2D eigenvalue weighted by atomic mass is 10.2. The van der Waals surface area contributed by atoms with Gasteiger partial charge in [-0.2, -0.15) is 4.98 Å². The van der Waals surface area contributed by atoms with Crippen LogP contribution < -0.4 is 5.32 Å². The summed E-state index contributed by atoms with van der Waals surface area (Å²) in [6, 6.07) is 0. The Kier molecular flexibility index (Phi) is 4.90. The third-order valence-corrected chi connectivity index (χ3v) is 3.18. The summed E-state index contributed by atoms with van der Waals surface area (Å²) in [7, 11) is 0. The molecule has 0 saturated heterocycles. The first-order chi connectivity index (χ1) is 9.19. The van der Waals surface area contributed by atoms with E-state index >= 15 is 0 Å². The number of hydrogen-bond acceptors (Lipinski definition) is 5. The van der Waals surface area contributed by atoms with Crippen molar-refractivity contribution >= 4 is 5.91 Å². The van der Waals surface area contributed by atoms with Crippen LogP contribution in [0.2, 0.25) is 0 Å². The largest absolute Gasteiger partial charge is 0.396 e. The zero-order chi connectivity index (χ0) is 13.7. The summed E-state index contributed by atoms with van der Waals surface area (Å²) in [5.74, 6) is 2.04. The molecule has 1 aromatic rings. The van der Waals surface area contributed by atoms with Gasteiger partial charge in [0.15, 0.2) is 5.82 Å². The van der Waals surface area contributed by atoms with Crippen molar-refractivity contribution in [1.82, 2.24) is 15.5 Å². The zero-order valence-electron chi connectivity index (χ0n) is 11.3. The normalized spacial score (nSPS) is 16.3. The minimum atomic E-state index is 0.00207. The average molecular weight is 267 g/mol. The van der Waals surface area contributed by atoms with E-state index in [4.69, 9.17) is 9.63 Å². The minimum Gasteiger partial charge on any atom is -0.396 e. The van der Waals surface area contributed by atoms with E-state index in [1.54, 1.807) is 0 Å². The van der Waals surface area contributed by atoms with E-state index in [1.807, 2.05) is 6.92 Å². The third-order valence-electron chi connectivity index (χ3n) is 3.18. The van der Waals surface area contributed by atoms with E-state index in [9.17, 15) is 4.79 Å². The number of aromatic nitrogens is 2. The topological polar surface area (TPSA) is 88.2 Å². The lowest BCUT2D eigenvalue weighted by Gasteiger charge is -2.08. The van der Waals surface area contributed by atoms with Gasteiger partial charge in [0.25, 0.3) is 0 Å². The molecule has 1 aliphatic rings. The molecule has 0 bridgehead atoms. The summed E-state index contributed by atoms with van der Waals surface area (Å²) in [5, 5.41) is 15.6. The van der Waals surface area contributed by atoms with Crippen LogP contribution in [0.4, 0.5) is 0 Å². The molecular formula is C13H21N3O3. The van der Waals surface area contributed by atoms with E-state index in [-0.39, 0.29) is 18.4 Å². The van der Waals surface area contributed by atoms with Crippen LogP contribution in [0, 0.1) is 5.92 Å². The van der Waals surface area contributed by atoms with Gasteiger partial charge in [-0.1, -0.05) is 12.1 Å². The van der Waals surface area contributed by atoms with Crippen LogP contribution in [0.3, 0.4) is 0 Å². The number of amides is 1. The first-order valence-electron chi connectivity index (χ1n) is 6.89. The molecule has 19 heavy (non-hydrogen) atoms. The van der Waals surface area contributed by atoms with Crippen LogP contribution in [0.25, 0.3) is 0 Å². The number of aryl methyl sites for hydroxylation is 1. The van der Waals surface area contributed by atoms with E-state index < -0.39 is 0 Å². The molecule has 2 N–H and O–H groups in total. The number of hydrogen-bond donors (Lipinski definition) is 2. The Bertz CT molecular complexity index is 415. The van der Waals surface area contributed by atoms with Crippen LogP contribution >= 0.6 is 0 Å². The molecule has 1 aliphatic carbocycles. The molecule has 106 valence electrons. The van der Waals surface area contributed by atoms with E-state index in [0.717, 1.165) is 18.7 Å². The maximum atomic E-state index is 11.5. The number of rotatable bonds is 8. The predicted octanol–water partition coefficient (Wildman–Crippen LogP) is 1.01. The number of aliphatic hydroxyl groups excluding tert-OH is 1. The standard InChI is InChI=1S/C13H21N3O3/c1-9(8-17)7-14-11(18)3-2-4-12-15-13(16-19-12)10-5-6-10/h9-10,17H,2-8H2,1H3,(H,14,18). The Labute approximate surface area is 112 Å². The zero-order valence-corrected chi connectivity index (χ0v) is 11.3. The van der Waals surface area contributed by atoms with Gasteiger partial charge in [0.1, 0.15) is 0 Å². The molecule has 6 heteroatoms. The number of carbonyl (C=O) groups excluding carboxylic acids is 1. The lowest BCUT2D eigenvalue weighted by molar-refractivity contribution is -0.121. The fourth-order valence-electron chi connectivity index (χ4n) is 1.72. The molecule has 0 aliphatic heterocycles. The molecule has 1 fully saturated rings. The van der Waals surface area contributed by atoms with Crippen LogP contribution in [0.15, 0.2) is 4.52 Å². The molecule has 1 atom stereocenters. The average Bonchev–Trinajstić information content (AvgIpc) is 3.16. The van der Waals surface area contributed by atoms with Crippen LogP contribution in [-0.4, -0.2) is 34.3 Å². The highest BCUT2D eigenvalue weighted by Crippen LogP contribution is 2.38. The van der Waals surface area contributed by atoms with Gasteiger partial charge in [-0.3, -0.25) is 4.79 Å². The summed E-state index contributed by atoms with van der Waals surface area (Å²) in [6.45, 7) is 2.49. The Morgan fingerprint density at radius 2 is 2.37 bits per heavy atom. The van der Waals surface area contributed by atoms with Crippen molar-refractivity contribution in [3.05, 3.63) is 11.7 Å². The monoisotopic (exact) mass is 267 g/mol. The molecule has 2 rings (SSSR count). The second-order valence-electron chi connectivity index (χ2n) is 5.27. The fourth-order valence-corrected chi connectivity index (χ4v) is 1.72. The summed E-state index contributed by atoms with van der Waals surface area (Å²) < 4.78 is 5.14. The number of nitrogens with one attached hydrogen (secondary N) is 1. The molecule has 0 radical (unpaired) electrons. The predicted molar refractivity (Wildman–Crippen MR) is 68.5 cm³/mol.